The van der Waals surface area contributed by atoms with Gasteiger partial charge in [-0.05, 0) is 17.9 Å². The van der Waals surface area contributed by atoms with Crippen LogP contribution in [0, 0.1) is 0 Å². The van der Waals surface area contributed by atoms with Crippen LogP contribution in [0.4, 0.5) is 4.79 Å². The van der Waals surface area contributed by atoms with E-state index in [0.717, 1.165) is 0 Å². The number of carbonyl (C=O) groups is 2. The van der Waals surface area contributed by atoms with Crippen molar-refractivity contribution in [3.05, 3.63) is 22.4 Å². The molecule has 1 heterocycles. The molecule has 0 radical (unpaired) electrons. The summed E-state index contributed by atoms with van der Waals surface area (Å²) >= 11 is 1.27. The lowest BCUT2D eigenvalue weighted by molar-refractivity contribution is -0.139. The highest BCUT2D eigenvalue weighted by atomic mass is 32.2. The van der Waals surface area contributed by atoms with Crippen molar-refractivity contribution in [2.75, 3.05) is 12.8 Å². The third-order valence-corrected chi connectivity index (χ3v) is 5.06. The zero-order valence-electron chi connectivity index (χ0n) is 11.3. The number of rotatable bonds is 7. The minimum absolute atomic E-state index is 0.0112. The number of carbonyl (C=O) groups excluding carboxylic acids is 1. The van der Waals surface area contributed by atoms with Crippen LogP contribution in [0.15, 0.2) is 17.5 Å². The molecule has 20 heavy (non-hydrogen) atoms. The molecule has 0 saturated heterocycles. The van der Waals surface area contributed by atoms with E-state index in [0.29, 0.717) is 17.8 Å². The average Bonchev–Trinajstić information content (AvgIpc) is 2.88. The van der Waals surface area contributed by atoms with E-state index < -0.39 is 28.8 Å². The van der Waals surface area contributed by atoms with E-state index in [-0.39, 0.29) is 5.25 Å². The lowest BCUT2D eigenvalue weighted by Gasteiger charge is -2.14. The largest absolute Gasteiger partial charge is 0.479 e. The van der Waals surface area contributed by atoms with Gasteiger partial charge in [0, 0.05) is 33.7 Å². The summed E-state index contributed by atoms with van der Waals surface area (Å²) in [4.78, 5) is 23.3. The van der Waals surface area contributed by atoms with Gasteiger partial charge >= 0.3 is 12.0 Å². The first kappa shape index (κ1) is 16.6. The van der Waals surface area contributed by atoms with Crippen LogP contribution in [0.1, 0.15) is 24.3 Å². The fraction of sp³-hybridized carbons (Fsp3) is 0.500. The highest BCUT2D eigenvalue weighted by Gasteiger charge is 2.22. The standard InChI is InChI=1S/C12H18N2O4S2/c1-8(20(2)18)5-6-13-12(17)14-10(11(15)16)9-4-3-7-19-9/h3-4,7-8,10H,5-6H2,1-2H3,(H,15,16)(H2,13,14,17). The summed E-state index contributed by atoms with van der Waals surface area (Å²) in [5.74, 6) is -1.11. The van der Waals surface area contributed by atoms with Crippen molar-refractivity contribution in [2.24, 2.45) is 0 Å². The van der Waals surface area contributed by atoms with Gasteiger partial charge in [0.2, 0.25) is 0 Å². The second kappa shape index (κ2) is 8.01. The normalized spacial score (nSPS) is 15.1. The van der Waals surface area contributed by atoms with Gasteiger partial charge in [-0.2, -0.15) is 0 Å². The molecule has 3 atom stereocenters. The van der Waals surface area contributed by atoms with Crippen LogP contribution in [0.3, 0.4) is 0 Å². The van der Waals surface area contributed by atoms with Gasteiger partial charge in [-0.3, -0.25) is 4.21 Å². The second-order valence-electron chi connectivity index (χ2n) is 4.28. The summed E-state index contributed by atoms with van der Waals surface area (Å²) in [7, 11) is -0.932. The molecule has 1 aromatic heterocycles. The number of carboxylic acid groups (broad SMARTS) is 1. The number of amides is 2. The Morgan fingerprint density at radius 2 is 2.20 bits per heavy atom. The van der Waals surface area contributed by atoms with E-state index in [1.165, 1.54) is 11.3 Å². The number of carboxylic acids is 1. The predicted octanol–water partition coefficient (Wildman–Crippen LogP) is 1.33. The fourth-order valence-electron chi connectivity index (χ4n) is 1.45. The van der Waals surface area contributed by atoms with Crippen molar-refractivity contribution in [1.82, 2.24) is 10.6 Å². The van der Waals surface area contributed by atoms with Gasteiger partial charge in [0.15, 0.2) is 6.04 Å². The topological polar surface area (TPSA) is 95.5 Å². The summed E-state index contributed by atoms with van der Waals surface area (Å²) in [6, 6.07) is 1.80. The number of urea groups is 1. The van der Waals surface area contributed by atoms with Crippen LogP contribution in [-0.2, 0) is 15.6 Å². The molecule has 0 spiro atoms. The molecule has 112 valence electrons. The van der Waals surface area contributed by atoms with Crippen molar-refractivity contribution >= 4 is 34.1 Å². The summed E-state index contributed by atoms with van der Waals surface area (Å²) in [6.45, 7) is 2.19. The Balaban J connectivity index is 2.44. The predicted molar refractivity (Wildman–Crippen MR) is 79.4 cm³/mol. The van der Waals surface area contributed by atoms with Gasteiger partial charge in [-0.15, -0.1) is 11.3 Å². The molecule has 3 unspecified atom stereocenters. The molecule has 8 heteroatoms. The summed E-state index contributed by atoms with van der Waals surface area (Å²) in [6.07, 6.45) is 2.19. The molecule has 0 fully saturated rings. The van der Waals surface area contributed by atoms with Gasteiger partial charge in [0.05, 0.1) is 0 Å². The lowest BCUT2D eigenvalue weighted by Crippen LogP contribution is -2.41. The van der Waals surface area contributed by atoms with E-state index in [1.54, 1.807) is 23.8 Å². The Kier molecular flexibility index (Phi) is 6.66. The van der Waals surface area contributed by atoms with Crippen molar-refractivity contribution in [1.29, 1.82) is 0 Å². The highest BCUT2D eigenvalue weighted by Crippen LogP contribution is 2.18. The van der Waals surface area contributed by atoms with Gasteiger partial charge in [-0.1, -0.05) is 13.0 Å². The molecular weight excluding hydrogens is 300 g/mol. The van der Waals surface area contributed by atoms with Crippen LogP contribution in [0.2, 0.25) is 0 Å². The van der Waals surface area contributed by atoms with E-state index in [1.807, 2.05) is 6.92 Å². The van der Waals surface area contributed by atoms with Gasteiger partial charge < -0.3 is 15.7 Å². The minimum atomic E-state index is -1.11. The van der Waals surface area contributed by atoms with E-state index >= 15 is 0 Å². The molecule has 0 aliphatic carbocycles. The Bertz CT molecular complexity index is 476. The average molecular weight is 318 g/mol. The smallest absolute Gasteiger partial charge is 0.331 e. The molecule has 0 aliphatic rings. The van der Waals surface area contributed by atoms with Crippen LogP contribution < -0.4 is 10.6 Å². The highest BCUT2D eigenvalue weighted by molar-refractivity contribution is 7.84. The van der Waals surface area contributed by atoms with Gasteiger partial charge in [0.25, 0.3) is 0 Å². The van der Waals surface area contributed by atoms with E-state index in [4.69, 9.17) is 5.11 Å². The zero-order chi connectivity index (χ0) is 15.1. The first-order valence-electron chi connectivity index (χ1n) is 6.04. The van der Waals surface area contributed by atoms with Crippen LogP contribution in [-0.4, -0.2) is 39.4 Å². The molecule has 0 aromatic carbocycles. The summed E-state index contributed by atoms with van der Waals surface area (Å²) in [5, 5.41) is 15.8. The number of thiophene rings is 1. The molecule has 0 bridgehead atoms. The van der Waals surface area contributed by atoms with Gasteiger partial charge in [0.1, 0.15) is 0 Å². The first-order valence-corrected chi connectivity index (χ1v) is 8.54. The monoisotopic (exact) mass is 318 g/mol. The Morgan fingerprint density at radius 1 is 1.50 bits per heavy atom. The van der Waals surface area contributed by atoms with Crippen molar-refractivity contribution in [3.8, 4) is 0 Å². The SMILES string of the molecule is CC(CCNC(=O)NC(C(=O)O)c1cccs1)S(C)=O. The molecule has 3 N–H and O–H groups in total. The Labute approximate surface area is 124 Å². The lowest BCUT2D eigenvalue weighted by atomic mass is 10.2. The number of hydrogen-bond acceptors (Lipinski definition) is 4. The second-order valence-corrected chi connectivity index (χ2v) is 7.07. The summed E-state index contributed by atoms with van der Waals surface area (Å²) in [5.41, 5.74) is 0. The minimum Gasteiger partial charge on any atom is -0.479 e. The molecular formula is C12H18N2O4S2. The van der Waals surface area contributed by atoms with Crippen LogP contribution in [0.5, 0.6) is 0 Å². The molecule has 1 rings (SSSR count). The Morgan fingerprint density at radius 3 is 2.70 bits per heavy atom. The molecule has 0 saturated carbocycles. The number of nitrogens with one attached hydrogen (secondary N) is 2. The maximum atomic E-state index is 11.6. The quantitative estimate of drug-likeness (QED) is 0.707. The fourth-order valence-corrected chi connectivity index (χ4v) is 2.66. The third kappa shape index (κ3) is 5.30. The van der Waals surface area contributed by atoms with Crippen molar-refractivity contribution < 1.29 is 18.9 Å². The summed E-state index contributed by atoms with van der Waals surface area (Å²) < 4.78 is 11.1. The zero-order valence-corrected chi connectivity index (χ0v) is 12.9. The van der Waals surface area contributed by atoms with Crippen LogP contribution >= 0.6 is 11.3 Å². The van der Waals surface area contributed by atoms with E-state index in [2.05, 4.69) is 10.6 Å². The molecule has 2 amide bonds. The number of hydrogen-bond donors (Lipinski definition) is 3. The van der Waals surface area contributed by atoms with Crippen molar-refractivity contribution in [2.45, 2.75) is 24.6 Å². The van der Waals surface area contributed by atoms with Gasteiger partial charge in [-0.25, -0.2) is 9.59 Å². The maximum Gasteiger partial charge on any atom is 0.331 e. The molecule has 0 aliphatic heterocycles. The first-order chi connectivity index (χ1) is 9.41. The maximum absolute atomic E-state index is 11.6. The van der Waals surface area contributed by atoms with E-state index in [9.17, 15) is 13.8 Å². The van der Waals surface area contributed by atoms with Crippen LogP contribution in [0.25, 0.3) is 0 Å². The Hall–Kier alpha value is -1.41. The number of aliphatic carboxylic acids is 1. The third-order valence-electron chi connectivity index (χ3n) is 2.75. The molecule has 6 nitrogen and oxygen atoms in total. The van der Waals surface area contributed by atoms with Crippen molar-refractivity contribution in [3.63, 3.8) is 0 Å². The molecule has 1 aromatic rings.